The predicted molar refractivity (Wildman–Crippen MR) is 183 cm³/mol. The van der Waals surface area contributed by atoms with E-state index in [4.69, 9.17) is 9.47 Å². The third-order valence-corrected chi connectivity index (χ3v) is 10.1. The van der Waals surface area contributed by atoms with Gasteiger partial charge < -0.3 is 30.1 Å². The van der Waals surface area contributed by atoms with Gasteiger partial charge in [0.2, 0.25) is 0 Å². The summed E-state index contributed by atoms with van der Waals surface area (Å²) in [7, 11) is 0. The third-order valence-electron chi connectivity index (χ3n) is 10.1. The number of carboxylic acid groups (broad SMARTS) is 1. The molecule has 0 bridgehead atoms. The highest BCUT2D eigenvalue weighted by Gasteiger charge is 2.44. The van der Waals surface area contributed by atoms with Crippen LogP contribution in [0.15, 0.2) is 65.0 Å². The van der Waals surface area contributed by atoms with E-state index in [2.05, 4.69) is 28.5 Å². The Kier molecular flexibility index (Phi) is 10.7. The number of dihydropyridines is 1. The minimum atomic E-state index is -0.994. The number of ether oxygens (including phenoxy) is 2. The number of anilines is 1. The molecular formula is C38H47N3O6. The molecule has 9 heteroatoms. The van der Waals surface area contributed by atoms with Gasteiger partial charge in [0.05, 0.1) is 11.5 Å². The summed E-state index contributed by atoms with van der Waals surface area (Å²) in [4.78, 5) is 40.7. The number of hydrogen-bond acceptors (Lipinski definition) is 7. The maximum Gasteiger partial charge on any atom is 0.314 e. The first-order valence-electron chi connectivity index (χ1n) is 16.8. The van der Waals surface area contributed by atoms with E-state index in [-0.39, 0.29) is 24.6 Å². The summed E-state index contributed by atoms with van der Waals surface area (Å²) >= 11 is 0. The molecular weight excluding hydrogens is 594 g/mol. The first-order chi connectivity index (χ1) is 22.6. The molecule has 47 heavy (non-hydrogen) atoms. The van der Waals surface area contributed by atoms with Gasteiger partial charge in [-0.05, 0) is 106 Å². The lowest BCUT2D eigenvalue weighted by Crippen LogP contribution is -2.44. The summed E-state index contributed by atoms with van der Waals surface area (Å²) in [5.74, 6) is 0.917. The van der Waals surface area contributed by atoms with Crippen molar-refractivity contribution in [3.63, 3.8) is 0 Å². The lowest BCUT2D eigenvalue weighted by atomic mass is 9.71. The van der Waals surface area contributed by atoms with Gasteiger partial charge in [0.1, 0.15) is 5.70 Å². The summed E-state index contributed by atoms with van der Waals surface area (Å²) in [5, 5.41) is 16.5. The summed E-state index contributed by atoms with van der Waals surface area (Å²) < 4.78 is 11.5. The molecule has 1 amide bonds. The molecule has 0 radical (unpaired) electrons. The lowest BCUT2D eigenvalue weighted by Gasteiger charge is -2.38. The molecule has 2 aromatic carbocycles. The molecule has 0 spiro atoms. The van der Waals surface area contributed by atoms with Crippen molar-refractivity contribution in [2.45, 2.75) is 84.3 Å². The number of amides is 1. The van der Waals surface area contributed by atoms with Crippen LogP contribution < -0.4 is 15.5 Å². The lowest BCUT2D eigenvalue weighted by molar-refractivity contribution is -0.150. The molecule has 250 valence electrons. The highest BCUT2D eigenvalue weighted by molar-refractivity contribution is 5.99. The number of rotatable bonds is 10. The predicted octanol–water partition coefficient (Wildman–Crippen LogP) is 5.85. The van der Waals surface area contributed by atoms with E-state index in [0.29, 0.717) is 49.5 Å². The molecule has 5 rings (SSSR count). The molecule has 0 saturated carbocycles. The van der Waals surface area contributed by atoms with Crippen molar-refractivity contribution < 1.29 is 29.0 Å². The zero-order chi connectivity index (χ0) is 33.7. The van der Waals surface area contributed by atoms with Crippen LogP contribution in [-0.4, -0.2) is 68.0 Å². The maximum atomic E-state index is 13.9. The highest BCUT2D eigenvalue weighted by Crippen LogP contribution is 2.40. The van der Waals surface area contributed by atoms with Gasteiger partial charge in [-0.3, -0.25) is 9.59 Å². The summed E-state index contributed by atoms with van der Waals surface area (Å²) in [6.07, 6.45) is 5.29. The summed E-state index contributed by atoms with van der Waals surface area (Å²) in [5.41, 5.74) is 6.74. The molecule has 2 saturated heterocycles. The van der Waals surface area contributed by atoms with Crippen LogP contribution in [0.3, 0.4) is 0 Å². The van der Waals surface area contributed by atoms with Crippen molar-refractivity contribution in [3.8, 4) is 11.1 Å². The van der Waals surface area contributed by atoms with E-state index in [0.717, 1.165) is 65.0 Å². The number of nitrogens with one attached hydrogen (secondary N) is 2. The molecule has 3 N–H and O–H groups in total. The molecule has 3 aliphatic heterocycles. The number of benzene rings is 2. The fourth-order valence-corrected chi connectivity index (χ4v) is 7.29. The maximum absolute atomic E-state index is 13.9. The monoisotopic (exact) mass is 641 g/mol. The van der Waals surface area contributed by atoms with Crippen molar-refractivity contribution in [2.75, 3.05) is 37.8 Å². The van der Waals surface area contributed by atoms with Crippen LogP contribution in [0, 0.1) is 6.92 Å². The van der Waals surface area contributed by atoms with Crippen molar-refractivity contribution in [3.05, 3.63) is 81.7 Å². The van der Waals surface area contributed by atoms with Gasteiger partial charge in [0.15, 0.2) is 5.94 Å². The zero-order valence-corrected chi connectivity index (χ0v) is 28.2. The highest BCUT2D eigenvalue weighted by atomic mass is 16.5. The van der Waals surface area contributed by atoms with Crippen LogP contribution in [0.5, 0.6) is 0 Å². The van der Waals surface area contributed by atoms with E-state index in [9.17, 15) is 19.5 Å². The van der Waals surface area contributed by atoms with Crippen LogP contribution in [0.4, 0.5) is 5.69 Å². The van der Waals surface area contributed by atoms with Crippen LogP contribution in [0.2, 0.25) is 0 Å². The van der Waals surface area contributed by atoms with Crippen LogP contribution in [0.25, 0.3) is 11.1 Å². The smallest absolute Gasteiger partial charge is 0.314 e. The largest absolute Gasteiger partial charge is 0.481 e. The van der Waals surface area contributed by atoms with Gasteiger partial charge >= 0.3 is 5.97 Å². The normalized spacial score (nSPS) is 21.9. The fraction of sp³-hybridized carbons (Fsp3) is 0.474. The van der Waals surface area contributed by atoms with E-state index >= 15 is 0 Å². The number of aliphatic carboxylic acids is 1. The Hall–Kier alpha value is -4.17. The number of carbonyl (C=O) groups is 2. The van der Waals surface area contributed by atoms with Crippen molar-refractivity contribution in [1.82, 2.24) is 10.6 Å². The molecule has 0 aromatic heterocycles. The zero-order valence-electron chi connectivity index (χ0n) is 28.2. The Labute approximate surface area is 277 Å². The van der Waals surface area contributed by atoms with E-state index in [1.165, 1.54) is 0 Å². The van der Waals surface area contributed by atoms with Gasteiger partial charge in [-0.1, -0.05) is 31.2 Å². The SMILES string of the molecule is CCC1CC(C(=O)O)(c2ccc(-c3cc(C(=O)NCC4=C(C)C=C(C)NC4=C=O)c(C)c(N(CC)C4CCOCC4)c3)cc2)CCO1. The molecule has 9 nitrogen and oxygen atoms in total. The van der Waals surface area contributed by atoms with E-state index in [1.807, 2.05) is 70.0 Å². The van der Waals surface area contributed by atoms with Crippen LogP contribution in [-0.2, 0) is 24.5 Å². The Bertz CT molecular complexity index is 1610. The Morgan fingerprint density at radius 3 is 2.43 bits per heavy atom. The van der Waals surface area contributed by atoms with Gasteiger partial charge in [0.25, 0.3) is 5.91 Å². The first-order valence-corrected chi connectivity index (χ1v) is 16.8. The number of nitrogens with zero attached hydrogens (tertiary/aromatic N) is 1. The number of carboxylic acids is 1. The van der Waals surface area contributed by atoms with Crippen molar-refractivity contribution in [1.29, 1.82) is 0 Å². The number of carbonyl (C=O) groups excluding carboxylic acids is 2. The number of hydrogen-bond donors (Lipinski definition) is 3. The van der Waals surface area contributed by atoms with Crippen LogP contribution in [0.1, 0.15) is 81.3 Å². The minimum Gasteiger partial charge on any atom is -0.481 e. The van der Waals surface area contributed by atoms with Crippen molar-refractivity contribution in [2.24, 2.45) is 0 Å². The second kappa shape index (κ2) is 14.7. The molecule has 2 aromatic rings. The second-order valence-corrected chi connectivity index (χ2v) is 12.9. The number of allylic oxidation sites excluding steroid dienone is 3. The second-order valence-electron chi connectivity index (χ2n) is 12.9. The Morgan fingerprint density at radius 1 is 1.06 bits per heavy atom. The average molecular weight is 642 g/mol. The van der Waals surface area contributed by atoms with Gasteiger partial charge in [-0.2, -0.15) is 0 Å². The Morgan fingerprint density at radius 2 is 1.79 bits per heavy atom. The van der Waals surface area contributed by atoms with E-state index in [1.54, 1.807) is 0 Å². The fourth-order valence-electron chi connectivity index (χ4n) is 7.29. The first kappa shape index (κ1) is 34.2. The topological polar surface area (TPSA) is 117 Å². The molecule has 2 fully saturated rings. The molecule has 2 atom stereocenters. The van der Waals surface area contributed by atoms with Gasteiger partial charge in [-0.15, -0.1) is 0 Å². The van der Waals surface area contributed by atoms with Crippen LogP contribution >= 0.6 is 0 Å². The van der Waals surface area contributed by atoms with Crippen molar-refractivity contribution >= 4 is 23.5 Å². The molecule has 2 unspecified atom stereocenters. The standard InChI is InChI=1S/C38H47N3O6/c1-6-31-21-38(37(44)45,14-17-47-31)29-10-8-27(9-11-29)28-19-32(26(5)35(20-28)41(7-2)30-12-15-46-16-13-30)36(43)39-22-33-24(3)18-25(4)40-34(33)23-42/h8-11,18-20,30-31,40H,6-7,12-17,21-22H2,1-5H3,(H,39,43)(H,44,45). The summed E-state index contributed by atoms with van der Waals surface area (Å²) in [6.45, 7) is 12.7. The minimum absolute atomic E-state index is 0.0902. The molecule has 3 aliphatic rings. The molecule has 3 heterocycles. The van der Waals surface area contributed by atoms with E-state index < -0.39 is 11.4 Å². The Balaban J connectivity index is 1.53. The molecule has 0 aliphatic carbocycles. The quantitative estimate of drug-likeness (QED) is 0.277. The van der Waals surface area contributed by atoms with Gasteiger partial charge in [0, 0.05) is 61.5 Å². The summed E-state index contributed by atoms with van der Waals surface area (Å²) in [6, 6.07) is 12.1. The average Bonchev–Trinajstić information content (AvgIpc) is 3.08. The third kappa shape index (κ3) is 7.08. The van der Waals surface area contributed by atoms with Gasteiger partial charge in [-0.25, -0.2) is 4.79 Å².